The van der Waals surface area contributed by atoms with Crippen LogP contribution in [0.2, 0.25) is 5.02 Å². The summed E-state index contributed by atoms with van der Waals surface area (Å²) in [5.41, 5.74) is -0.971. The van der Waals surface area contributed by atoms with Crippen LogP contribution in [0.15, 0.2) is 12.1 Å². The molecule has 13 heavy (non-hydrogen) atoms. The summed E-state index contributed by atoms with van der Waals surface area (Å²) < 4.78 is 12.8. The number of aldehydes is 1. The van der Waals surface area contributed by atoms with Crippen molar-refractivity contribution >= 4 is 23.6 Å². The van der Waals surface area contributed by atoms with E-state index in [4.69, 9.17) is 11.6 Å². The van der Waals surface area contributed by atoms with Crippen molar-refractivity contribution in [2.24, 2.45) is 0 Å². The molecule has 0 aliphatic rings. The number of nitro groups is 1. The molecule has 0 saturated heterocycles. The second-order valence-corrected chi connectivity index (χ2v) is 2.55. The van der Waals surface area contributed by atoms with Crippen molar-refractivity contribution in [2.75, 3.05) is 0 Å². The van der Waals surface area contributed by atoms with E-state index >= 15 is 0 Å². The van der Waals surface area contributed by atoms with E-state index in [2.05, 4.69) is 0 Å². The molecule has 0 heterocycles. The van der Waals surface area contributed by atoms with Crippen LogP contribution in [0.5, 0.6) is 0 Å². The molecule has 6 heteroatoms. The van der Waals surface area contributed by atoms with Gasteiger partial charge in [0.2, 0.25) is 0 Å². The van der Waals surface area contributed by atoms with Crippen molar-refractivity contribution in [2.45, 2.75) is 0 Å². The Morgan fingerprint density at radius 1 is 1.54 bits per heavy atom. The van der Waals surface area contributed by atoms with Gasteiger partial charge < -0.3 is 0 Å². The lowest BCUT2D eigenvalue weighted by molar-refractivity contribution is -0.384. The van der Waals surface area contributed by atoms with Gasteiger partial charge in [0.25, 0.3) is 5.69 Å². The maximum atomic E-state index is 12.8. The second kappa shape index (κ2) is 3.49. The fraction of sp³-hybridized carbons (Fsp3) is 0. The number of nitro benzene ring substituents is 1. The number of benzene rings is 1. The van der Waals surface area contributed by atoms with Gasteiger partial charge in [0.05, 0.1) is 10.5 Å². The third-order valence-electron chi connectivity index (χ3n) is 1.42. The normalized spacial score (nSPS) is 9.69. The van der Waals surface area contributed by atoms with E-state index in [1.165, 1.54) is 0 Å². The molecule has 0 aliphatic carbocycles. The fourth-order valence-electron chi connectivity index (χ4n) is 0.807. The van der Waals surface area contributed by atoms with Gasteiger partial charge in [-0.05, 0) is 6.07 Å². The second-order valence-electron chi connectivity index (χ2n) is 2.17. The molecule has 1 rings (SSSR count). The summed E-state index contributed by atoms with van der Waals surface area (Å²) in [4.78, 5) is 19.8. The number of carbonyl (C=O) groups is 1. The van der Waals surface area contributed by atoms with E-state index in [0.29, 0.717) is 0 Å². The highest BCUT2D eigenvalue weighted by molar-refractivity contribution is 6.35. The van der Waals surface area contributed by atoms with Crippen LogP contribution in [0.1, 0.15) is 10.4 Å². The maximum Gasteiger partial charge on any atom is 0.288 e. The molecule has 0 amide bonds. The van der Waals surface area contributed by atoms with Crippen LogP contribution in [-0.2, 0) is 0 Å². The summed E-state index contributed by atoms with van der Waals surface area (Å²) >= 11 is 5.40. The van der Waals surface area contributed by atoms with Crippen LogP contribution in [0.4, 0.5) is 10.1 Å². The van der Waals surface area contributed by atoms with Crippen molar-refractivity contribution in [3.8, 4) is 0 Å². The Balaban J connectivity index is 3.44. The quantitative estimate of drug-likeness (QED) is 0.421. The maximum absolute atomic E-state index is 12.8. The van der Waals surface area contributed by atoms with Gasteiger partial charge in [-0.3, -0.25) is 14.9 Å². The minimum absolute atomic E-state index is 0.144. The highest BCUT2D eigenvalue weighted by Gasteiger charge is 2.18. The molecule has 0 aliphatic heterocycles. The lowest BCUT2D eigenvalue weighted by Gasteiger charge is -1.98. The van der Waals surface area contributed by atoms with Crippen LogP contribution in [-0.4, -0.2) is 11.2 Å². The summed E-state index contributed by atoms with van der Waals surface area (Å²) in [5, 5.41) is 9.81. The molecule has 0 fully saturated rings. The molecule has 68 valence electrons. The predicted molar refractivity (Wildman–Crippen MR) is 43.5 cm³/mol. The van der Waals surface area contributed by atoms with E-state index in [9.17, 15) is 19.3 Å². The molecule has 4 nitrogen and oxygen atoms in total. The Hall–Kier alpha value is -1.49. The van der Waals surface area contributed by atoms with Gasteiger partial charge in [-0.15, -0.1) is 0 Å². The zero-order valence-electron chi connectivity index (χ0n) is 6.16. The SMILES string of the molecule is O=Cc1c(F)ccc([N+](=O)[O-])c1Cl. The minimum atomic E-state index is -0.870. The average Bonchev–Trinajstić information content (AvgIpc) is 2.04. The first-order valence-corrected chi connectivity index (χ1v) is 3.53. The largest absolute Gasteiger partial charge is 0.298 e. The Morgan fingerprint density at radius 3 is 2.62 bits per heavy atom. The minimum Gasteiger partial charge on any atom is -0.298 e. The topological polar surface area (TPSA) is 60.2 Å². The average molecular weight is 204 g/mol. The highest BCUT2D eigenvalue weighted by Crippen LogP contribution is 2.28. The lowest BCUT2D eigenvalue weighted by atomic mass is 10.2. The van der Waals surface area contributed by atoms with Gasteiger partial charge in [0.15, 0.2) is 6.29 Å². The van der Waals surface area contributed by atoms with E-state index in [-0.39, 0.29) is 6.29 Å². The number of halogens is 2. The highest BCUT2D eigenvalue weighted by atomic mass is 35.5. The Bertz CT molecular complexity index is 380. The van der Waals surface area contributed by atoms with Crippen LogP contribution >= 0.6 is 11.6 Å². The molecule has 0 unspecified atom stereocenters. The molecule has 0 N–H and O–H groups in total. The summed E-state index contributed by atoms with van der Waals surface area (Å²) in [5.74, 6) is -0.870. The first-order chi connectivity index (χ1) is 6.07. The van der Waals surface area contributed by atoms with Crippen LogP contribution in [0.3, 0.4) is 0 Å². The van der Waals surface area contributed by atoms with Gasteiger partial charge in [0, 0.05) is 6.07 Å². The Labute approximate surface area is 77.1 Å². The van der Waals surface area contributed by atoms with E-state index in [0.717, 1.165) is 12.1 Å². The van der Waals surface area contributed by atoms with E-state index in [1.54, 1.807) is 0 Å². The Morgan fingerprint density at radius 2 is 2.15 bits per heavy atom. The van der Waals surface area contributed by atoms with Gasteiger partial charge in [-0.1, -0.05) is 11.6 Å². The number of rotatable bonds is 2. The molecular weight excluding hydrogens is 201 g/mol. The number of nitrogens with zero attached hydrogens (tertiary/aromatic N) is 1. The van der Waals surface area contributed by atoms with Crippen LogP contribution in [0, 0.1) is 15.9 Å². The smallest absolute Gasteiger partial charge is 0.288 e. The van der Waals surface area contributed by atoms with Gasteiger partial charge in [-0.25, -0.2) is 4.39 Å². The predicted octanol–water partition coefficient (Wildman–Crippen LogP) is 2.20. The van der Waals surface area contributed by atoms with Gasteiger partial charge >= 0.3 is 0 Å². The monoisotopic (exact) mass is 203 g/mol. The number of carbonyl (C=O) groups excluding carboxylic acids is 1. The summed E-state index contributed by atoms with van der Waals surface area (Å²) in [7, 11) is 0. The number of hydrogen-bond donors (Lipinski definition) is 0. The summed E-state index contributed by atoms with van der Waals surface area (Å²) in [6.07, 6.45) is 0.144. The lowest BCUT2D eigenvalue weighted by Crippen LogP contribution is -1.95. The van der Waals surface area contributed by atoms with Crippen molar-refractivity contribution in [1.82, 2.24) is 0 Å². The molecule has 1 aromatic carbocycles. The molecule has 0 aromatic heterocycles. The zero-order chi connectivity index (χ0) is 10.0. The summed E-state index contributed by atoms with van der Waals surface area (Å²) in [6, 6.07) is 1.73. The van der Waals surface area contributed by atoms with Crippen LogP contribution in [0.25, 0.3) is 0 Å². The first-order valence-electron chi connectivity index (χ1n) is 3.15. The Kier molecular flexibility index (Phi) is 2.57. The molecule has 0 bridgehead atoms. The van der Waals surface area contributed by atoms with E-state index in [1.807, 2.05) is 0 Å². The standard InChI is InChI=1S/C7H3ClFNO3/c8-7-4(3-11)5(9)1-2-6(7)10(12)13/h1-3H. The third-order valence-corrected chi connectivity index (χ3v) is 1.82. The van der Waals surface area contributed by atoms with Crippen molar-refractivity contribution in [3.05, 3.63) is 38.7 Å². The molecule has 0 spiro atoms. The third kappa shape index (κ3) is 1.65. The molecule has 0 atom stereocenters. The van der Waals surface area contributed by atoms with E-state index < -0.39 is 27.0 Å². The zero-order valence-corrected chi connectivity index (χ0v) is 6.92. The van der Waals surface area contributed by atoms with Crippen LogP contribution < -0.4 is 0 Å². The molecule has 0 saturated carbocycles. The molecule has 1 aromatic rings. The molecular formula is C7H3ClFNO3. The van der Waals surface area contributed by atoms with Crippen molar-refractivity contribution < 1.29 is 14.1 Å². The van der Waals surface area contributed by atoms with Gasteiger partial charge in [0.1, 0.15) is 10.8 Å². The van der Waals surface area contributed by atoms with Crippen molar-refractivity contribution in [1.29, 1.82) is 0 Å². The first kappa shape index (κ1) is 9.60. The fourth-order valence-corrected chi connectivity index (χ4v) is 1.07. The summed E-state index contributed by atoms with van der Waals surface area (Å²) in [6.45, 7) is 0. The van der Waals surface area contributed by atoms with Gasteiger partial charge in [-0.2, -0.15) is 0 Å². The van der Waals surface area contributed by atoms with Crippen molar-refractivity contribution in [3.63, 3.8) is 0 Å². The number of hydrogen-bond acceptors (Lipinski definition) is 3. The molecule has 0 radical (unpaired) electrons.